The van der Waals surface area contributed by atoms with E-state index in [1.165, 1.54) is 0 Å². The molecule has 0 atom stereocenters. The topological polar surface area (TPSA) is 33.2 Å². The summed E-state index contributed by atoms with van der Waals surface area (Å²) in [5.74, 6) is 0.0654. The van der Waals surface area contributed by atoms with Crippen molar-refractivity contribution in [1.29, 1.82) is 0 Å². The van der Waals surface area contributed by atoms with Crippen LogP contribution in [0.2, 0.25) is 0 Å². The third-order valence-corrected chi connectivity index (χ3v) is 5.41. The Morgan fingerprint density at radius 2 is 1.83 bits per heavy atom. The molecule has 5 heteroatoms. The molecule has 0 unspecified atom stereocenters. The van der Waals surface area contributed by atoms with Crippen LogP contribution in [0.15, 0.2) is 64.5 Å². The lowest BCUT2D eigenvalue weighted by atomic mass is 10.2. The first-order valence-corrected chi connectivity index (χ1v) is 9.28. The number of carbonyl (C=O) groups is 1. The van der Waals surface area contributed by atoms with Gasteiger partial charge in [-0.15, -0.1) is 11.3 Å². The molecule has 0 N–H and O–H groups in total. The maximum Gasteiger partial charge on any atom is 0.228 e. The molecule has 0 saturated heterocycles. The summed E-state index contributed by atoms with van der Waals surface area (Å²) in [5, 5.41) is 2.92. The maximum absolute atomic E-state index is 12.4. The van der Waals surface area contributed by atoms with Crippen molar-refractivity contribution < 1.29 is 4.79 Å². The summed E-state index contributed by atoms with van der Waals surface area (Å²) in [5.41, 5.74) is 3.00. The van der Waals surface area contributed by atoms with Gasteiger partial charge in [-0.05, 0) is 11.6 Å². The molecular formula is C19H17BrN2OS. The molecule has 3 aromatic rings. The highest BCUT2D eigenvalue weighted by atomic mass is 79.9. The van der Waals surface area contributed by atoms with E-state index in [2.05, 4.69) is 20.9 Å². The van der Waals surface area contributed by atoms with Gasteiger partial charge in [0.15, 0.2) is 0 Å². The van der Waals surface area contributed by atoms with Crippen LogP contribution in [0.4, 0.5) is 0 Å². The second-order valence-corrected chi connectivity index (χ2v) is 7.24. The molecule has 2 aromatic carbocycles. The normalized spacial score (nSPS) is 10.6. The molecular weight excluding hydrogens is 384 g/mol. The first kappa shape index (κ1) is 16.9. The molecule has 1 heterocycles. The van der Waals surface area contributed by atoms with Crippen LogP contribution < -0.4 is 0 Å². The molecule has 0 fully saturated rings. The Labute approximate surface area is 154 Å². The average molecular weight is 401 g/mol. The number of likely N-dealkylation sites (N-methyl/N-ethyl adjacent to an activating group) is 1. The third-order valence-electron chi connectivity index (χ3n) is 3.70. The van der Waals surface area contributed by atoms with E-state index >= 15 is 0 Å². The Morgan fingerprint density at radius 1 is 1.12 bits per heavy atom. The van der Waals surface area contributed by atoms with E-state index in [1.807, 2.05) is 67.0 Å². The Bertz CT molecular complexity index is 832. The number of aromatic nitrogens is 1. The molecule has 0 aliphatic heterocycles. The van der Waals surface area contributed by atoms with E-state index in [9.17, 15) is 4.79 Å². The van der Waals surface area contributed by atoms with Crippen molar-refractivity contribution in [2.45, 2.75) is 13.0 Å². The fourth-order valence-corrected chi connectivity index (χ4v) is 3.60. The molecule has 0 spiro atoms. The number of hydrogen-bond acceptors (Lipinski definition) is 3. The predicted molar refractivity (Wildman–Crippen MR) is 102 cm³/mol. The van der Waals surface area contributed by atoms with E-state index in [0.717, 1.165) is 26.3 Å². The van der Waals surface area contributed by atoms with Gasteiger partial charge in [-0.3, -0.25) is 4.79 Å². The third kappa shape index (κ3) is 4.10. The fourth-order valence-electron chi connectivity index (χ4n) is 2.36. The number of carbonyl (C=O) groups excluding carboxylic acids is 1. The van der Waals surface area contributed by atoms with Gasteiger partial charge in [-0.2, -0.15) is 0 Å². The zero-order chi connectivity index (χ0) is 16.9. The number of hydrogen-bond donors (Lipinski definition) is 0. The highest BCUT2D eigenvalue weighted by Gasteiger charge is 2.14. The number of thiazole rings is 1. The zero-order valence-corrected chi connectivity index (χ0v) is 15.7. The summed E-state index contributed by atoms with van der Waals surface area (Å²) in [6, 6.07) is 18.0. The van der Waals surface area contributed by atoms with Crippen LogP contribution in [0.25, 0.3) is 10.6 Å². The number of halogens is 1. The van der Waals surface area contributed by atoms with Crippen molar-refractivity contribution in [2.24, 2.45) is 0 Å². The van der Waals surface area contributed by atoms with Crippen molar-refractivity contribution in [3.63, 3.8) is 0 Å². The summed E-state index contributed by atoms with van der Waals surface area (Å²) in [7, 11) is 1.83. The molecule has 1 aromatic heterocycles. The van der Waals surface area contributed by atoms with Crippen molar-refractivity contribution in [2.75, 3.05) is 7.05 Å². The van der Waals surface area contributed by atoms with Gasteiger partial charge < -0.3 is 4.90 Å². The lowest BCUT2D eigenvalue weighted by Crippen LogP contribution is -2.27. The summed E-state index contributed by atoms with van der Waals surface area (Å²) in [4.78, 5) is 18.8. The lowest BCUT2D eigenvalue weighted by Gasteiger charge is -2.17. The molecule has 122 valence electrons. The van der Waals surface area contributed by atoms with Crippen molar-refractivity contribution in [1.82, 2.24) is 9.88 Å². The van der Waals surface area contributed by atoms with Crippen LogP contribution in [0.3, 0.4) is 0 Å². The smallest absolute Gasteiger partial charge is 0.228 e. The van der Waals surface area contributed by atoms with Gasteiger partial charge in [0, 0.05) is 29.0 Å². The highest BCUT2D eigenvalue weighted by molar-refractivity contribution is 9.10. The van der Waals surface area contributed by atoms with Gasteiger partial charge in [0.1, 0.15) is 5.01 Å². The molecule has 3 nitrogen and oxygen atoms in total. The molecule has 1 amide bonds. The lowest BCUT2D eigenvalue weighted by molar-refractivity contribution is -0.129. The van der Waals surface area contributed by atoms with Crippen molar-refractivity contribution in [3.8, 4) is 10.6 Å². The molecule has 0 aliphatic rings. The number of amides is 1. The molecule has 24 heavy (non-hydrogen) atoms. The van der Waals surface area contributed by atoms with Crippen molar-refractivity contribution in [3.05, 3.63) is 75.7 Å². The van der Waals surface area contributed by atoms with Crippen LogP contribution in [0, 0.1) is 0 Å². The molecule has 0 aliphatic carbocycles. The van der Waals surface area contributed by atoms with Crippen LogP contribution >= 0.6 is 27.3 Å². The Hall–Kier alpha value is -1.98. The SMILES string of the molecule is CN(Cc1ccccc1Br)C(=O)Cc1csc(-c2ccccc2)n1. The Morgan fingerprint density at radius 3 is 2.58 bits per heavy atom. The predicted octanol–water partition coefficient (Wildman–Crippen LogP) is 4.77. The molecule has 0 radical (unpaired) electrons. The van der Waals surface area contributed by atoms with E-state index in [0.29, 0.717) is 13.0 Å². The van der Waals surface area contributed by atoms with E-state index in [1.54, 1.807) is 16.2 Å². The quantitative estimate of drug-likeness (QED) is 0.617. The van der Waals surface area contributed by atoms with Gasteiger partial charge in [-0.1, -0.05) is 64.5 Å². The minimum Gasteiger partial charge on any atom is -0.341 e. The van der Waals surface area contributed by atoms with E-state index < -0.39 is 0 Å². The number of rotatable bonds is 5. The second-order valence-electron chi connectivity index (χ2n) is 5.53. The highest BCUT2D eigenvalue weighted by Crippen LogP contribution is 2.24. The monoisotopic (exact) mass is 400 g/mol. The zero-order valence-electron chi connectivity index (χ0n) is 13.3. The first-order chi connectivity index (χ1) is 11.6. The number of nitrogens with zero attached hydrogens (tertiary/aromatic N) is 2. The van der Waals surface area contributed by atoms with Crippen LogP contribution in [-0.2, 0) is 17.8 Å². The Balaban J connectivity index is 1.65. The van der Waals surface area contributed by atoms with Gasteiger partial charge in [0.25, 0.3) is 0 Å². The first-order valence-electron chi connectivity index (χ1n) is 7.60. The summed E-state index contributed by atoms with van der Waals surface area (Å²) < 4.78 is 1.02. The maximum atomic E-state index is 12.4. The molecule has 3 rings (SSSR count). The summed E-state index contributed by atoms with van der Waals surface area (Å²) >= 11 is 5.09. The van der Waals surface area contributed by atoms with E-state index in [4.69, 9.17) is 0 Å². The average Bonchev–Trinajstić information content (AvgIpc) is 3.06. The van der Waals surface area contributed by atoms with E-state index in [-0.39, 0.29) is 5.91 Å². The molecule has 0 bridgehead atoms. The fraction of sp³-hybridized carbons (Fsp3) is 0.158. The minimum atomic E-state index is 0.0654. The van der Waals surface area contributed by atoms with Gasteiger partial charge in [0.05, 0.1) is 12.1 Å². The summed E-state index contributed by atoms with van der Waals surface area (Å²) in [6.45, 7) is 0.579. The molecule has 0 saturated carbocycles. The van der Waals surface area contributed by atoms with Gasteiger partial charge >= 0.3 is 0 Å². The minimum absolute atomic E-state index is 0.0654. The van der Waals surface area contributed by atoms with Crippen molar-refractivity contribution >= 4 is 33.2 Å². The number of benzene rings is 2. The van der Waals surface area contributed by atoms with Crippen LogP contribution in [0.5, 0.6) is 0 Å². The van der Waals surface area contributed by atoms with Gasteiger partial charge in [0.2, 0.25) is 5.91 Å². The second kappa shape index (κ2) is 7.73. The van der Waals surface area contributed by atoms with Crippen LogP contribution in [0.1, 0.15) is 11.3 Å². The van der Waals surface area contributed by atoms with Crippen LogP contribution in [-0.4, -0.2) is 22.8 Å². The summed E-state index contributed by atoms with van der Waals surface area (Å²) in [6.07, 6.45) is 0.324. The Kier molecular flexibility index (Phi) is 5.43. The largest absolute Gasteiger partial charge is 0.341 e. The standard InChI is InChI=1S/C19H17BrN2OS/c1-22(12-15-9-5-6-10-17(15)20)18(23)11-16-13-24-19(21-16)14-7-3-2-4-8-14/h2-10,13H,11-12H2,1H3. The van der Waals surface area contributed by atoms with Gasteiger partial charge in [-0.25, -0.2) is 4.98 Å².